The van der Waals surface area contributed by atoms with Crippen LogP contribution in [-0.4, -0.2) is 17.7 Å². The zero-order chi connectivity index (χ0) is 2.71. The topological polar surface area (TPSA) is 35.0 Å². The molecule has 0 rings (SSSR count). The zero-order valence-corrected chi connectivity index (χ0v) is 3.41. The van der Waals surface area contributed by atoms with Gasteiger partial charge in [-0.1, -0.05) is 0 Å². The van der Waals surface area contributed by atoms with Crippen molar-refractivity contribution in [2.24, 2.45) is 0 Å². The molecule has 0 bridgehead atoms. The van der Waals surface area contributed by atoms with E-state index >= 15 is 0 Å². The fraction of sp³-hybridized carbons (Fsp3) is 1.00. The molecule has 0 aromatic heterocycles. The molecule has 0 aromatic rings. The van der Waals surface area contributed by atoms with E-state index in [1.54, 1.807) is 0 Å². The van der Waals surface area contributed by atoms with E-state index in [2.05, 4.69) is 24.6 Å². The number of hydrogen-bond donors (Lipinski definition) is 1. The van der Waals surface area contributed by atoms with Crippen LogP contribution in [0, 0.1) is 0 Å². The van der Waals surface area contributed by atoms with Gasteiger partial charge < -0.3 is 6.15 Å². The van der Waals surface area contributed by atoms with E-state index in [1.807, 2.05) is 0 Å². The van der Waals surface area contributed by atoms with Crippen molar-refractivity contribution in [2.75, 3.05) is 0 Å². The van der Waals surface area contributed by atoms with Gasteiger partial charge in [-0.3, -0.25) is 0 Å². The van der Waals surface area contributed by atoms with E-state index in [9.17, 15) is 0 Å². The molecule has 0 radical (unpaired) electrons. The van der Waals surface area contributed by atoms with E-state index in [1.165, 1.54) is 5.09 Å². The predicted octanol–water partition coefficient (Wildman–Crippen LogP) is 0.755. The molecular formula is C2H8LiN. The first-order valence-corrected chi connectivity index (χ1v) is 1.41. The van der Waals surface area contributed by atoms with Gasteiger partial charge in [0.05, 0.1) is 0 Å². The normalized spacial score (nSPS) is 4.75. The molecule has 0 aliphatic heterocycles. The summed E-state index contributed by atoms with van der Waals surface area (Å²) in [7, 11) is 0. The van der Waals surface area contributed by atoms with E-state index in [4.69, 9.17) is 0 Å². The van der Waals surface area contributed by atoms with Crippen molar-refractivity contribution in [1.29, 1.82) is 0 Å². The van der Waals surface area contributed by atoms with Crippen molar-refractivity contribution in [2.45, 2.75) is 12.0 Å². The standard InChI is InChI=1S/C2H5.Li.H3N/c1-2;;/h1H2,2H3;;1H3. The molecule has 0 amide bonds. The van der Waals surface area contributed by atoms with Gasteiger partial charge in [-0.15, -0.1) is 0 Å². The minimum absolute atomic E-state index is 0. The molecule has 0 unspecified atom stereocenters. The molecule has 0 aliphatic carbocycles. The first-order valence-electron chi connectivity index (χ1n) is 1.41. The summed E-state index contributed by atoms with van der Waals surface area (Å²) in [5.74, 6) is 0. The molecule has 0 saturated carbocycles. The quantitative estimate of drug-likeness (QED) is 0.406. The van der Waals surface area contributed by atoms with Crippen molar-refractivity contribution in [3.63, 3.8) is 0 Å². The van der Waals surface area contributed by atoms with Crippen LogP contribution in [0.5, 0.6) is 0 Å². The molecule has 0 spiro atoms. The summed E-state index contributed by atoms with van der Waals surface area (Å²) in [6.07, 6.45) is 0. The molecule has 0 fully saturated rings. The average molecular weight is 53.0 g/mol. The second-order valence-electron chi connectivity index (χ2n) is 0.707. The zero-order valence-electron chi connectivity index (χ0n) is 3.41. The van der Waals surface area contributed by atoms with Crippen molar-refractivity contribution >= 4 is 17.7 Å². The summed E-state index contributed by atoms with van der Waals surface area (Å²) in [4.78, 5) is 0. The Balaban J connectivity index is 0. The van der Waals surface area contributed by atoms with E-state index < -0.39 is 0 Å². The third-order valence-electron chi connectivity index (χ3n) is 0. The molecule has 0 heterocycles. The molecule has 22 valence electrons. The van der Waals surface area contributed by atoms with Crippen LogP contribution in [0.4, 0.5) is 0 Å². The molecule has 1 nitrogen and oxygen atoms in total. The SMILES string of the molecule is N.[Li][CH2]C. The van der Waals surface area contributed by atoms with E-state index in [-0.39, 0.29) is 6.15 Å². The van der Waals surface area contributed by atoms with Crippen LogP contribution in [-0.2, 0) is 0 Å². The molecule has 0 aliphatic rings. The van der Waals surface area contributed by atoms with Crippen molar-refractivity contribution in [1.82, 2.24) is 6.15 Å². The van der Waals surface area contributed by atoms with E-state index in [0.29, 0.717) is 0 Å². The average Bonchev–Trinajstić information content (AvgIpc) is 0.918. The van der Waals surface area contributed by atoms with Crippen molar-refractivity contribution < 1.29 is 0 Å². The molecule has 3 N–H and O–H groups in total. The summed E-state index contributed by atoms with van der Waals surface area (Å²) in [5.41, 5.74) is 0. The van der Waals surface area contributed by atoms with Crippen LogP contribution in [0.3, 0.4) is 0 Å². The van der Waals surface area contributed by atoms with Gasteiger partial charge in [0.1, 0.15) is 0 Å². The van der Waals surface area contributed by atoms with E-state index in [0.717, 1.165) is 0 Å². The Morgan fingerprint density at radius 2 is 1.75 bits per heavy atom. The van der Waals surface area contributed by atoms with Crippen molar-refractivity contribution in [3.05, 3.63) is 0 Å². The Morgan fingerprint density at radius 1 is 1.75 bits per heavy atom. The molecule has 2 heteroatoms. The maximum absolute atomic E-state index is 2.12. The first kappa shape index (κ1) is 8.82. The number of rotatable bonds is 0. The summed E-state index contributed by atoms with van der Waals surface area (Å²) in [6.45, 7) is 2.12. The summed E-state index contributed by atoms with van der Waals surface area (Å²) < 4.78 is 0. The molecular weight excluding hydrogens is 45.0 g/mol. The van der Waals surface area contributed by atoms with Crippen LogP contribution in [0.2, 0.25) is 5.09 Å². The minimum atomic E-state index is 0. The van der Waals surface area contributed by atoms with Gasteiger partial charge in [0.25, 0.3) is 0 Å². The Bertz CT molecular complexity index is 6.00. The van der Waals surface area contributed by atoms with Crippen LogP contribution >= 0.6 is 0 Å². The summed E-state index contributed by atoms with van der Waals surface area (Å²) in [6, 6.07) is 0. The van der Waals surface area contributed by atoms with Gasteiger partial charge in [-0.2, -0.15) is 0 Å². The molecule has 0 saturated heterocycles. The third-order valence-corrected chi connectivity index (χ3v) is 0. The third kappa shape index (κ3) is 20.0. The van der Waals surface area contributed by atoms with Gasteiger partial charge in [0, 0.05) is 0 Å². The molecule has 0 aromatic carbocycles. The Hall–Kier alpha value is 0.557. The van der Waals surface area contributed by atoms with Crippen LogP contribution in [0.1, 0.15) is 6.92 Å². The fourth-order valence-corrected chi connectivity index (χ4v) is 0. The molecule has 4 heavy (non-hydrogen) atoms. The fourth-order valence-electron chi connectivity index (χ4n) is 0. The van der Waals surface area contributed by atoms with Gasteiger partial charge in [-0.25, -0.2) is 0 Å². The predicted molar refractivity (Wildman–Crippen MR) is 21.3 cm³/mol. The van der Waals surface area contributed by atoms with Crippen LogP contribution < -0.4 is 6.15 Å². The van der Waals surface area contributed by atoms with Gasteiger partial charge in [-0.05, 0) is 0 Å². The first-order chi connectivity index (χ1) is 1.41. The van der Waals surface area contributed by atoms with Gasteiger partial charge in [0.2, 0.25) is 0 Å². The monoisotopic (exact) mass is 53.1 g/mol. The second-order valence-corrected chi connectivity index (χ2v) is 0.707. The summed E-state index contributed by atoms with van der Waals surface area (Å²) >= 11 is 2.12. The Morgan fingerprint density at radius 3 is 1.75 bits per heavy atom. The van der Waals surface area contributed by atoms with Crippen LogP contribution in [0.25, 0.3) is 0 Å². The molecule has 0 atom stereocenters. The van der Waals surface area contributed by atoms with Crippen molar-refractivity contribution in [3.8, 4) is 0 Å². The van der Waals surface area contributed by atoms with Gasteiger partial charge >= 0.3 is 29.7 Å². The second kappa shape index (κ2) is 9.59. The van der Waals surface area contributed by atoms with Gasteiger partial charge in [0.15, 0.2) is 0 Å². The maximum atomic E-state index is 2.12. The Kier molecular flexibility index (Phi) is 21.1. The number of hydrogen-bond acceptors (Lipinski definition) is 1. The van der Waals surface area contributed by atoms with Crippen LogP contribution in [0.15, 0.2) is 0 Å². The summed E-state index contributed by atoms with van der Waals surface area (Å²) in [5, 5.41) is 1.25. The Labute approximate surface area is 36.6 Å².